The van der Waals surface area contributed by atoms with E-state index in [1.807, 2.05) is 0 Å². The second kappa shape index (κ2) is 9.85. The minimum atomic E-state index is -0.578. The summed E-state index contributed by atoms with van der Waals surface area (Å²) in [4.78, 5) is 27.4. The number of esters is 1. The fraction of sp³-hybridized carbons (Fsp3) is 0.737. The third-order valence-corrected chi connectivity index (χ3v) is 14.8. The average Bonchev–Trinajstić information content (AvgIpc) is 3.29. The van der Waals surface area contributed by atoms with Gasteiger partial charge >= 0.3 is 5.97 Å². The van der Waals surface area contributed by atoms with E-state index in [4.69, 9.17) is 9.47 Å². The number of rotatable bonds is 4. The number of carbonyl (C=O) groups is 2. The van der Waals surface area contributed by atoms with Crippen LogP contribution < -0.4 is 4.74 Å². The van der Waals surface area contributed by atoms with Crippen molar-refractivity contribution < 1.29 is 24.2 Å². The minimum Gasteiger partial charge on any atom is -0.504 e. The van der Waals surface area contributed by atoms with E-state index in [2.05, 4.69) is 55.0 Å². The highest BCUT2D eigenvalue weighted by Crippen LogP contribution is 2.77. The van der Waals surface area contributed by atoms with Crippen LogP contribution in [0.15, 0.2) is 30.4 Å². The van der Waals surface area contributed by atoms with Crippen LogP contribution >= 0.6 is 0 Å². The van der Waals surface area contributed by atoms with Gasteiger partial charge in [0.25, 0.3) is 0 Å². The summed E-state index contributed by atoms with van der Waals surface area (Å²) in [5.74, 6) is 2.40. The van der Waals surface area contributed by atoms with Gasteiger partial charge in [-0.25, -0.2) is 4.79 Å². The van der Waals surface area contributed by atoms with Gasteiger partial charge < -0.3 is 14.6 Å². The fourth-order valence-electron chi connectivity index (χ4n) is 12.6. The Bertz CT molecular complexity index is 1350. The van der Waals surface area contributed by atoms with Crippen molar-refractivity contribution in [1.29, 1.82) is 0 Å². The summed E-state index contributed by atoms with van der Waals surface area (Å²) >= 11 is 0. The van der Waals surface area contributed by atoms with Crippen LogP contribution in [0.2, 0.25) is 0 Å². The summed E-state index contributed by atoms with van der Waals surface area (Å²) in [6.07, 6.45) is 9.31. The van der Waals surface area contributed by atoms with E-state index in [1.54, 1.807) is 12.1 Å². The molecule has 0 unspecified atom stereocenters. The van der Waals surface area contributed by atoms with Crippen LogP contribution in [0, 0.1) is 56.7 Å². The number of ketones is 1. The van der Waals surface area contributed by atoms with Gasteiger partial charge in [-0.05, 0) is 122 Å². The van der Waals surface area contributed by atoms with Crippen LogP contribution in [0.3, 0.4) is 0 Å². The zero-order valence-corrected chi connectivity index (χ0v) is 27.8. The van der Waals surface area contributed by atoms with Gasteiger partial charge in [-0.2, -0.15) is 0 Å². The maximum absolute atomic E-state index is 13.8. The quantitative estimate of drug-likeness (QED) is 0.280. The number of phenols is 1. The van der Waals surface area contributed by atoms with Gasteiger partial charge in [-0.3, -0.25) is 4.79 Å². The average molecular weight is 591 g/mol. The second-order valence-corrected chi connectivity index (χ2v) is 16.9. The van der Waals surface area contributed by atoms with Gasteiger partial charge in [0, 0.05) is 17.8 Å². The first-order chi connectivity index (χ1) is 20.0. The Labute approximate surface area is 259 Å². The number of Topliss-reactive ketones (excluding diaryl/α,β-unsaturated/α-hetero) is 1. The molecular formula is C38H54O5. The number of ether oxygens (including phenoxy) is 2. The second-order valence-electron chi connectivity index (χ2n) is 16.9. The molecule has 0 saturated heterocycles. The number of methoxy groups -OCH3 is 1. The van der Waals surface area contributed by atoms with Gasteiger partial charge in [0.2, 0.25) is 0 Å². The maximum atomic E-state index is 13.8. The molecule has 43 heavy (non-hydrogen) atoms. The number of phenolic OH excluding ortho intramolecular Hbond substituents is 1. The molecule has 0 aromatic heterocycles. The largest absolute Gasteiger partial charge is 0.504 e. The van der Waals surface area contributed by atoms with Gasteiger partial charge in [0.05, 0.1) is 12.7 Å². The van der Waals surface area contributed by atoms with Crippen LogP contribution in [0.4, 0.5) is 0 Å². The lowest BCUT2D eigenvalue weighted by molar-refractivity contribution is -0.258. The van der Waals surface area contributed by atoms with Crippen molar-refractivity contribution in [2.75, 3.05) is 7.11 Å². The van der Waals surface area contributed by atoms with E-state index in [0.717, 1.165) is 12.8 Å². The van der Waals surface area contributed by atoms with Gasteiger partial charge in [0.15, 0.2) is 11.5 Å². The number of aromatic hydroxyl groups is 1. The first-order valence-corrected chi connectivity index (χ1v) is 16.8. The third-order valence-electron chi connectivity index (χ3n) is 14.8. The van der Waals surface area contributed by atoms with E-state index in [1.165, 1.54) is 57.3 Å². The fourth-order valence-corrected chi connectivity index (χ4v) is 12.6. The van der Waals surface area contributed by atoms with Crippen LogP contribution in [-0.2, 0) is 9.53 Å². The van der Waals surface area contributed by atoms with Crippen molar-refractivity contribution in [1.82, 2.24) is 0 Å². The molecule has 5 fully saturated rings. The SMILES string of the molecule is C=C(C)[C@@H]1CC[C@]2(C)CC[C@]3(C)[C@H](CC[C@@H]4[C@@]5(C)CCC(=O)C(C)(C)[C@@H]5[C@H](OC(=O)c5ccc(O)c(OC)c5)C[C@]43C)[C@@H]12. The first-order valence-electron chi connectivity index (χ1n) is 16.8. The molecule has 0 heterocycles. The molecule has 5 heteroatoms. The summed E-state index contributed by atoms with van der Waals surface area (Å²) in [6.45, 7) is 21.0. The molecule has 5 saturated carbocycles. The number of benzene rings is 1. The van der Waals surface area contributed by atoms with Crippen LogP contribution in [0.5, 0.6) is 11.5 Å². The van der Waals surface area contributed by atoms with E-state index in [9.17, 15) is 14.7 Å². The van der Waals surface area contributed by atoms with E-state index >= 15 is 0 Å². The molecule has 1 aromatic carbocycles. The zero-order valence-electron chi connectivity index (χ0n) is 27.8. The van der Waals surface area contributed by atoms with Crippen molar-refractivity contribution in [2.45, 2.75) is 112 Å². The molecular weight excluding hydrogens is 536 g/mol. The maximum Gasteiger partial charge on any atom is 0.338 e. The molecule has 5 aliphatic rings. The topological polar surface area (TPSA) is 72.8 Å². The molecule has 1 aromatic rings. The molecule has 6 rings (SSSR count). The molecule has 5 aliphatic carbocycles. The van der Waals surface area contributed by atoms with E-state index in [0.29, 0.717) is 41.1 Å². The highest BCUT2D eigenvalue weighted by atomic mass is 16.5. The molecule has 0 bridgehead atoms. The lowest BCUT2D eigenvalue weighted by Crippen LogP contribution is -2.69. The van der Waals surface area contributed by atoms with Crippen LogP contribution in [0.25, 0.3) is 0 Å². The van der Waals surface area contributed by atoms with Gasteiger partial charge in [-0.1, -0.05) is 53.7 Å². The summed E-state index contributed by atoms with van der Waals surface area (Å²) in [5.41, 5.74) is 1.49. The summed E-state index contributed by atoms with van der Waals surface area (Å²) in [7, 11) is 1.48. The Morgan fingerprint density at radius 2 is 1.70 bits per heavy atom. The standard InChI is InChI=1S/C38H54O5/c1-22(2)24-14-16-35(5)18-19-37(7)25(31(24)35)11-13-29-36(6)17-15-30(40)34(3,4)32(36)28(21-38(29,37)8)43-33(41)23-10-12-26(39)27(20-23)42-9/h10,12,20,24-25,28-29,31-32,39H,1,11,13-19,21H2,2-9H3/t24-,25+,28+,29+,31+,32-,35+,36+,37+,38+/m0/s1. The Balaban J connectivity index is 1.43. The van der Waals surface area contributed by atoms with E-state index < -0.39 is 11.4 Å². The molecule has 0 spiro atoms. The molecule has 0 amide bonds. The number of fused-ring (bicyclic) bond motifs is 7. The molecule has 1 N–H and O–H groups in total. The molecule has 10 atom stereocenters. The summed E-state index contributed by atoms with van der Waals surface area (Å²) in [6, 6.07) is 4.64. The number of carbonyl (C=O) groups excluding carboxylic acids is 2. The Kier molecular flexibility index (Phi) is 7.03. The number of allylic oxidation sites excluding steroid dienone is 1. The molecule has 0 radical (unpaired) electrons. The van der Waals surface area contributed by atoms with Crippen molar-refractivity contribution in [2.24, 2.45) is 56.7 Å². The molecule has 5 nitrogen and oxygen atoms in total. The smallest absolute Gasteiger partial charge is 0.338 e. The van der Waals surface area contributed by atoms with Gasteiger partial charge in [0.1, 0.15) is 11.9 Å². The number of hydrogen-bond acceptors (Lipinski definition) is 5. The molecule has 0 aliphatic heterocycles. The monoisotopic (exact) mass is 590 g/mol. The van der Waals surface area contributed by atoms with Crippen LogP contribution in [0.1, 0.15) is 117 Å². The predicted octanol–water partition coefficient (Wildman–Crippen LogP) is 8.78. The van der Waals surface area contributed by atoms with Crippen molar-refractivity contribution in [3.63, 3.8) is 0 Å². The lowest BCUT2D eigenvalue weighted by atomic mass is 9.32. The molecule has 236 valence electrons. The highest BCUT2D eigenvalue weighted by molar-refractivity contribution is 5.90. The zero-order chi connectivity index (χ0) is 31.3. The van der Waals surface area contributed by atoms with Crippen molar-refractivity contribution in [3.8, 4) is 11.5 Å². The number of hydrogen-bond donors (Lipinski definition) is 1. The summed E-state index contributed by atoms with van der Waals surface area (Å²) < 4.78 is 11.9. The Hall–Kier alpha value is -2.30. The Morgan fingerprint density at radius 1 is 0.977 bits per heavy atom. The van der Waals surface area contributed by atoms with Crippen LogP contribution in [-0.4, -0.2) is 30.1 Å². The first kappa shape index (κ1) is 30.7. The van der Waals surface area contributed by atoms with E-state index in [-0.39, 0.29) is 45.5 Å². The Morgan fingerprint density at radius 3 is 2.37 bits per heavy atom. The lowest BCUT2D eigenvalue weighted by Gasteiger charge is -2.73. The minimum absolute atomic E-state index is 0.0101. The third kappa shape index (κ3) is 4.14. The normalized spacial score (nSPS) is 44.8. The van der Waals surface area contributed by atoms with Crippen molar-refractivity contribution in [3.05, 3.63) is 35.9 Å². The highest BCUT2D eigenvalue weighted by Gasteiger charge is 2.72. The van der Waals surface area contributed by atoms with Crippen molar-refractivity contribution >= 4 is 11.8 Å². The summed E-state index contributed by atoms with van der Waals surface area (Å²) in [5, 5.41) is 10.1. The predicted molar refractivity (Wildman–Crippen MR) is 169 cm³/mol. The van der Waals surface area contributed by atoms with Gasteiger partial charge in [-0.15, -0.1) is 0 Å².